The molecular weight excluding hydrogens is 521 g/mol. The molecule has 1 amide bonds. The summed E-state index contributed by atoms with van der Waals surface area (Å²) in [5.41, 5.74) is -0.297. The summed E-state index contributed by atoms with van der Waals surface area (Å²) in [4.78, 5) is 23.9. The fraction of sp³-hybridized carbons (Fsp3) is 0.500. The second-order valence-corrected chi connectivity index (χ2v) is 9.75. The maximum absolute atomic E-state index is 14.2. The second kappa shape index (κ2) is 8.97. The maximum Gasteiger partial charge on any atom is 0.445 e. The van der Waals surface area contributed by atoms with E-state index in [0.29, 0.717) is 15.9 Å². The van der Waals surface area contributed by atoms with E-state index in [4.69, 9.17) is 9.36 Å². The van der Waals surface area contributed by atoms with Crippen molar-refractivity contribution in [3.05, 3.63) is 51.8 Å². The Labute approximate surface area is 202 Å². The summed E-state index contributed by atoms with van der Waals surface area (Å²) in [5, 5.41) is 14.2. The number of aliphatic imine (C=N–C) groups is 1. The van der Waals surface area contributed by atoms with E-state index < -0.39 is 35.9 Å². The number of hydrogen-bond donors (Lipinski definition) is 2. The maximum atomic E-state index is 14.2. The van der Waals surface area contributed by atoms with Crippen molar-refractivity contribution in [1.29, 1.82) is 0 Å². The van der Waals surface area contributed by atoms with Crippen LogP contribution in [0.1, 0.15) is 43.2 Å². The minimum absolute atomic E-state index is 0.00938. The minimum atomic E-state index is -4.89. The van der Waals surface area contributed by atoms with Crippen LogP contribution < -0.4 is 5.48 Å². The molecule has 12 heteroatoms. The van der Waals surface area contributed by atoms with Gasteiger partial charge in [0.05, 0.1) is 17.8 Å². The number of aromatic nitrogens is 1. The van der Waals surface area contributed by atoms with Gasteiger partial charge in [0.25, 0.3) is 0 Å². The molecule has 2 aliphatic heterocycles. The van der Waals surface area contributed by atoms with Gasteiger partial charge in [-0.3, -0.25) is 4.79 Å². The molecule has 0 radical (unpaired) electrons. The lowest BCUT2D eigenvalue weighted by Gasteiger charge is -2.29. The van der Waals surface area contributed by atoms with Gasteiger partial charge in [0.15, 0.2) is 0 Å². The highest BCUT2D eigenvalue weighted by atomic mass is 79.9. The molecule has 1 aromatic carbocycles. The van der Waals surface area contributed by atoms with Crippen molar-refractivity contribution in [2.75, 3.05) is 6.54 Å². The van der Waals surface area contributed by atoms with Crippen LogP contribution in [0.5, 0.6) is 0 Å². The molecule has 1 saturated heterocycles. The molecule has 4 rings (SSSR count). The van der Waals surface area contributed by atoms with E-state index in [-0.39, 0.29) is 30.3 Å². The highest BCUT2D eigenvalue weighted by Crippen LogP contribution is 2.46. The van der Waals surface area contributed by atoms with Crippen molar-refractivity contribution in [1.82, 2.24) is 15.5 Å². The first-order valence-corrected chi connectivity index (χ1v) is 11.5. The summed E-state index contributed by atoms with van der Waals surface area (Å²) >= 11 is 3.21. The van der Waals surface area contributed by atoms with E-state index in [1.165, 1.54) is 29.2 Å². The van der Waals surface area contributed by atoms with Crippen LogP contribution in [-0.2, 0) is 15.4 Å². The van der Waals surface area contributed by atoms with Crippen LogP contribution in [0.25, 0.3) is 0 Å². The van der Waals surface area contributed by atoms with Gasteiger partial charge in [-0.1, -0.05) is 47.1 Å². The van der Waals surface area contributed by atoms with Crippen LogP contribution in [0.4, 0.5) is 13.2 Å². The number of benzene rings is 1. The number of rotatable bonds is 5. The number of β-amino-alcohol motifs (C(OH)–C–C–N with tert-alkyl or cyclic N) is 1. The first-order valence-electron chi connectivity index (χ1n) is 10.7. The lowest BCUT2D eigenvalue weighted by Crippen LogP contribution is -2.47. The number of hydroxylamine groups is 1. The van der Waals surface area contributed by atoms with E-state index in [1.807, 2.05) is 13.8 Å². The minimum Gasteiger partial charge on any atom is -0.391 e. The van der Waals surface area contributed by atoms with Gasteiger partial charge in [0.1, 0.15) is 17.5 Å². The number of aliphatic hydroxyl groups excluding tert-OH is 1. The van der Waals surface area contributed by atoms with Gasteiger partial charge in [-0.15, -0.1) is 0 Å². The van der Waals surface area contributed by atoms with Crippen molar-refractivity contribution in [2.24, 2.45) is 10.9 Å². The Bertz CT molecular complexity index is 1090. The summed E-state index contributed by atoms with van der Waals surface area (Å²) in [6.45, 7) is 5.33. The Morgan fingerprint density at radius 1 is 1.32 bits per heavy atom. The summed E-state index contributed by atoms with van der Waals surface area (Å²) in [6.07, 6.45) is -5.81. The summed E-state index contributed by atoms with van der Waals surface area (Å²) in [5.74, 6) is -1.14. The molecule has 2 aliphatic rings. The molecule has 1 aromatic heterocycles. The number of likely N-dealkylation sites (tertiary alicyclic amines) is 1. The summed E-state index contributed by atoms with van der Waals surface area (Å²) in [6, 6.07) is 6.16. The van der Waals surface area contributed by atoms with Gasteiger partial charge in [-0.25, -0.2) is 15.3 Å². The lowest BCUT2D eigenvalue weighted by molar-refractivity contribution is -0.285. The number of alkyl halides is 3. The Kier molecular flexibility index (Phi) is 6.51. The number of amidine groups is 1. The number of carbonyl (C=O) groups excluding carboxylic acids is 1. The van der Waals surface area contributed by atoms with E-state index in [9.17, 15) is 23.1 Å². The number of hydrogen-bond acceptors (Lipinski definition) is 7. The first kappa shape index (κ1) is 24.7. The van der Waals surface area contributed by atoms with Gasteiger partial charge in [-0.05, 0) is 25.0 Å². The number of aliphatic hydroxyl groups is 1. The van der Waals surface area contributed by atoms with E-state index >= 15 is 0 Å². The molecule has 0 saturated carbocycles. The normalized spacial score (nSPS) is 26.0. The number of nitrogens with one attached hydrogen (secondary N) is 1. The number of amides is 1. The lowest BCUT2D eigenvalue weighted by atomic mass is 9.91. The summed E-state index contributed by atoms with van der Waals surface area (Å²) < 4.78 is 48.6. The molecule has 0 aliphatic carbocycles. The number of halogens is 4. The molecular formula is C22H24BrF3N4O4. The molecule has 0 bridgehead atoms. The molecule has 8 nitrogen and oxygen atoms in total. The van der Waals surface area contributed by atoms with Crippen LogP contribution in [0.3, 0.4) is 0 Å². The Morgan fingerprint density at radius 2 is 2.00 bits per heavy atom. The first-order chi connectivity index (χ1) is 15.9. The molecule has 4 atom stereocenters. The Morgan fingerprint density at radius 3 is 2.56 bits per heavy atom. The van der Waals surface area contributed by atoms with Crippen LogP contribution in [-0.4, -0.2) is 51.8 Å². The topological polar surface area (TPSA) is 100 Å². The Hall–Kier alpha value is -2.44. The highest BCUT2D eigenvalue weighted by Gasteiger charge is 2.62. The number of carbonyl (C=O) groups is 1. The largest absolute Gasteiger partial charge is 0.445 e. The van der Waals surface area contributed by atoms with Gasteiger partial charge >= 0.3 is 11.9 Å². The third-order valence-electron chi connectivity index (χ3n) is 5.96. The van der Waals surface area contributed by atoms with Crippen molar-refractivity contribution < 1.29 is 32.4 Å². The highest BCUT2D eigenvalue weighted by molar-refractivity contribution is 9.10. The van der Waals surface area contributed by atoms with E-state index in [1.54, 1.807) is 13.0 Å². The predicted octanol–water partition coefficient (Wildman–Crippen LogP) is 3.80. The van der Waals surface area contributed by atoms with E-state index in [0.717, 1.165) is 0 Å². The molecule has 2 aromatic rings. The zero-order chi connectivity index (χ0) is 24.8. The van der Waals surface area contributed by atoms with Crippen LogP contribution in [0, 0.1) is 12.8 Å². The quantitative estimate of drug-likeness (QED) is 0.593. The fourth-order valence-electron chi connectivity index (χ4n) is 4.33. The molecule has 3 heterocycles. The standard InChI is InChI=1S/C22H24BrF3N4O4/c1-11(2)18(17-8-12(3)28-33-17)20(32)30-10-15(31)9-16(30)19-27-21(34-29-19,22(24,25)26)13-4-6-14(23)7-5-13/h4-8,11,15-16,18,31H,9-10H2,1-3H3,(H,27,29)/t15-,16+,18?,21-/m1/s1. The smallest absolute Gasteiger partial charge is 0.391 e. The van der Waals surface area contributed by atoms with Crippen LogP contribution >= 0.6 is 15.9 Å². The fourth-order valence-corrected chi connectivity index (χ4v) is 4.59. The molecule has 34 heavy (non-hydrogen) atoms. The second-order valence-electron chi connectivity index (χ2n) is 8.84. The van der Waals surface area contributed by atoms with Gasteiger partial charge in [0.2, 0.25) is 5.91 Å². The SMILES string of the molecule is Cc1cc(C(C(=O)N2C[C@H](O)C[C@H]2C2=N[C@@](c3ccc(Br)cc3)(C(F)(F)F)ON2)C(C)C)on1. The van der Waals surface area contributed by atoms with Gasteiger partial charge < -0.3 is 14.5 Å². The average molecular weight is 545 g/mol. The molecule has 1 unspecified atom stereocenters. The third kappa shape index (κ3) is 4.34. The van der Waals surface area contributed by atoms with Crippen molar-refractivity contribution in [2.45, 2.75) is 57.2 Å². The zero-order valence-corrected chi connectivity index (χ0v) is 20.2. The Balaban J connectivity index is 1.70. The molecule has 1 fully saturated rings. The third-order valence-corrected chi connectivity index (χ3v) is 6.49. The van der Waals surface area contributed by atoms with Gasteiger partial charge in [-0.2, -0.15) is 13.2 Å². The van der Waals surface area contributed by atoms with Crippen molar-refractivity contribution in [3.8, 4) is 0 Å². The summed E-state index contributed by atoms with van der Waals surface area (Å²) in [7, 11) is 0. The van der Waals surface area contributed by atoms with Crippen molar-refractivity contribution in [3.63, 3.8) is 0 Å². The molecule has 0 spiro atoms. The van der Waals surface area contributed by atoms with Crippen LogP contribution in [0.15, 0.2) is 44.3 Å². The average Bonchev–Trinajstić information content (AvgIpc) is 3.46. The van der Waals surface area contributed by atoms with Gasteiger partial charge in [0, 0.05) is 29.1 Å². The zero-order valence-electron chi connectivity index (χ0n) is 18.6. The van der Waals surface area contributed by atoms with E-state index in [2.05, 4.69) is 31.6 Å². The molecule has 184 valence electrons. The van der Waals surface area contributed by atoms with Crippen molar-refractivity contribution >= 4 is 27.7 Å². The molecule has 2 N–H and O–H groups in total. The van der Waals surface area contributed by atoms with Crippen LogP contribution in [0.2, 0.25) is 0 Å². The number of nitrogens with zero attached hydrogens (tertiary/aromatic N) is 3. The number of aryl methyl sites for hydroxylation is 1. The predicted molar refractivity (Wildman–Crippen MR) is 118 cm³/mol. The monoisotopic (exact) mass is 544 g/mol.